The van der Waals surface area contributed by atoms with Crippen LogP contribution in [0.15, 0.2) is 0 Å². The quantitative estimate of drug-likeness (QED) is 0.759. The zero-order valence-electron chi connectivity index (χ0n) is 11.8. The molecule has 4 heteroatoms. The Morgan fingerprint density at radius 2 is 2.00 bits per heavy atom. The molecule has 18 heavy (non-hydrogen) atoms. The van der Waals surface area contributed by atoms with E-state index in [1.807, 2.05) is 0 Å². The van der Waals surface area contributed by atoms with Crippen LogP contribution in [0.3, 0.4) is 0 Å². The minimum Gasteiger partial charge on any atom is -0.390 e. The third-order valence-corrected chi connectivity index (χ3v) is 5.16. The van der Waals surface area contributed by atoms with Crippen LogP contribution in [0.1, 0.15) is 64.7 Å². The molecule has 1 aliphatic carbocycles. The first-order valence-electron chi connectivity index (χ1n) is 7.25. The lowest BCUT2D eigenvalue weighted by atomic mass is 9.89. The van der Waals surface area contributed by atoms with Crippen LogP contribution in [0.5, 0.6) is 0 Å². The van der Waals surface area contributed by atoms with Gasteiger partial charge in [0.25, 0.3) is 0 Å². The van der Waals surface area contributed by atoms with Crippen molar-refractivity contribution in [2.75, 3.05) is 12.0 Å². The average Bonchev–Trinajstić information content (AvgIpc) is 2.40. The summed E-state index contributed by atoms with van der Waals surface area (Å²) in [6.07, 6.45) is 10.1. The maximum Gasteiger partial charge on any atom is 0.147 e. The van der Waals surface area contributed by atoms with E-state index in [0.717, 1.165) is 31.6 Å². The minimum absolute atomic E-state index is 0.202. The molecule has 1 saturated carbocycles. The molecule has 1 aliphatic rings. The molecule has 0 bridgehead atoms. The second-order valence-electron chi connectivity index (χ2n) is 6.04. The summed E-state index contributed by atoms with van der Waals surface area (Å²) in [6.45, 7) is 2.21. The first kappa shape index (κ1) is 16.0. The van der Waals surface area contributed by atoms with Gasteiger partial charge in [-0.05, 0) is 38.0 Å². The topological polar surface area (TPSA) is 54.4 Å². The Hall–Kier alpha value is -0.0900. The summed E-state index contributed by atoms with van der Waals surface area (Å²) in [5.41, 5.74) is -0.604. The number of hydrogen-bond donors (Lipinski definition) is 1. The summed E-state index contributed by atoms with van der Waals surface area (Å²) < 4.78 is 22.2. The van der Waals surface area contributed by atoms with Crippen LogP contribution >= 0.6 is 0 Å². The van der Waals surface area contributed by atoms with E-state index in [1.54, 1.807) is 0 Å². The van der Waals surface area contributed by atoms with Crippen molar-refractivity contribution >= 4 is 9.84 Å². The van der Waals surface area contributed by atoms with E-state index in [-0.39, 0.29) is 5.75 Å². The van der Waals surface area contributed by atoms with Gasteiger partial charge >= 0.3 is 0 Å². The van der Waals surface area contributed by atoms with Crippen molar-refractivity contribution in [3.63, 3.8) is 0 Å². The van der Waals surface area contributed by atoms with Crippen LogP contribution < -0.4 is 0 Å². The molecule has 0 radical (unpaired) electrons. The smallest absolute Gasteiger partial charge is 0.147 e. The number of hydrogen-bond acceptors (Lipinski definition) is 3. The molecule has 2 unspecified atom stereocenters. The van der Waals surface area contributed by atoms with E-state index in [1.165, 1.54) is 25.5 Å². The van der Waals surface area contributed by atoms with Gasteiger partial charge in [0.2, 0.25) is 0 Å². The van der Waals surface area contributed by atoms with Gasteiger partial charge in [0.05, 0.1) is 5.60 Å². The molecule has 2 atom stereocenters. The van der Waals surface area contributed by atoms with Crippen molar-refractivity contribution in [1.82, 2.24) is 0 Å². The normalized spacial score (nSPS) is 30.1. The summed E-state index contributed by atoms with van der Waals surface area (Å²) in [7, 11) is -2.89. The maximum atomic E-state index is 11.1. The molecule has 3 nitrogen and oxygen atoms in total. The highest BCUT2D eigenvalue weighted by Gasteiger charge is 2.30. The molecular weight excluding hydrogens is 248 g/mol. The Morgan fingerprint density at radius 3 is 2.61 bits per heavy atom. The van der Waals surface area contributed by atoms with E-state index in [4.69, 9.17) is 0 Å². The van der Waals surface area contributed by atoms with Gasteiger partial charge in [0.15, 0.2) is 0 Å². The molecule has 0 aromatic heterocycles. The van der Waals surface area contributed by atoms with Gasteiger partial charge in [-0.25, -0.2) is 8.42 Å². The van der Waals surface area contributed by atoms with Crippen molar-refractivity contribution in [3.8, 4) is 0 Å². The Bertz CT molecular complexity index is 337. The first-order valence-corrected chi connectivity index (χ1v) is 9.31. The zero-order chi connectivity index (χ0) is 13.6. The van der Waals surface area contributed by atoms with Crippen LogP contribution in [0.2, 0.25) is 0 Å². The molecule has 0 aromatic carbocycles. The predicted octanol–water partition coefficient (Wildman–Crippen LogP) is 2.92. The highest BCUT2D eigenvalue weighted by molar-refractivity contribution is 7.90. The number of aliphatic hydroxyl groups is 1. The Balaban J connectivity index is 2.39. The van der Waals surface area contributed by atoms with Gasteiger partial charge in [-0.15, -0.1) is 0 Å². The summed E-state index contributed by atoms with van der Waals surface area (Å²) >= 11 is 0. The van der Waals surface area contributed by atoms with E-state index >= 15 is 0 Å². The molecule has 0 aromatic rings. The second-order valence-corrected chi connectivity index (χ2v) is 8.30. The SMILES string of the molecule is CCCC1CCCC(O)(CCCS(C)(=O)=O)CC1. The van der Waals surface area contributed by atoms with Gasteiger partial charge in [-0.2, -0.15) is 0 Å². The number of sulfone groups is 1. The van der Waals surface area contributed by atoms with Crippen molar-refractivity contribution in [3.05, 3.63) is 0 Å². The average molecular weight is 276 g/mol. The second kappa shape index (κ2) is 6.90. The molecule has 0 saturated heterocycles. The summed E-state index contributed by atoms with van der Waals surface area (Å²) in [4.78, 5) is 0. The standard InChI is InChI=1S/C14H28O3S/c1-3-6-13-7-4-9-14(15,11-8-13)10-5-12-18(2,16)17/h13,15H,3-12H2,1-2H3. The lowest BCUT2D eigenvalue weighted by molar-refractivity contribution is 0.0149. The lowest BCUT2D eigenvalue weighted by Gasteiger charge is -2.26. The highest BCUT2D eigenvalue weighted by atomic mass is 32.2. The van der Waals surface area contributed by atoms with Gasteiger partial charge in [-0.1, -0.05) is 32.6 Å². The van der Waals surface area contributed by atoms with E-state index in [0.29, 0.717) is 12.8 Å². The zero-order valence-corrected chi connectivity index (χ0v) is 12.6. The maximum absolute atomic E-state index is 11.1. The Kier molecular flexibility index (Phi) is 6.12. The fourth-order valence-electron chi connectivity index (χ4n) is 3.07. The van der Waals surface area contributed by atoms with Crippen LogP contribution in [0, 0.1) is 5.92 Å². The summed E-state index contributed by atoms with van der Waals surface area (Å²) in [5.74, 6) is 0.965. The Labute approximate surface area is 112 Å². The van der Waals surface area contributed by atoms with Crippen molar-refractivity contribution in [2.45, 2.75) is 70.3 Å². The largest absolute Gasteiger partial charge is 0.390 e. The third-order valence-electron chi connectivity index (χ3n) is 4.13. The molecule has 1 N–H and O–H groups in total. The molecule has 1 rings (SSSR count). The highest BCUT2D eigenvalue weighted by Crippen LogP contribution is 2.35. The van der Waals surface area contributed by atoms with E-state index in [9.17, 15) is 13.5 Å². The monoisotopic (exact) mass is 276 g/mol. The van der Waals surface area contributed by atoms with Crippen LogP contribution in [0.4, 0.5) is 0 Å². The third kappa shape index (κ3) is 6.19. The lowest BCUT2D eigenvalue weighted by Crippen LogP contribution is -2.28. The molecule has 0 heterocycles. The summed E-state index contributed by atoms with van der Waals surface area (Å²) in [5, 5.41) is 10.5. The fraction of sp³-hybridized carbons (Fsp3) is 1.00. The molecule has 0 spiro atoms. The first-order chi connectivity index (χ1) is 8.35. The van der Waals surface area contributed by atoms with Gasteiger partial charge in [-0.3, -0.25) is 0 Å². The van der Waals surface area contributed by atoms with Gasteiger partial charge in [0, 0.05) is 12.0 Å². The molecular formula is C14H28O3S. The van der Waals surface area contributed by atoms with E-state index in [2.05, 4.69) is 6.92 Å². The van der Waals surface area contributed by atoms with Crippen LogP contribution in [0.25, 0.3) is 0 Å². The van der Waals surface area contributed by atoms with Crippen LogP contribution in [-0.2, 0) is 9.84 Å². The fourth-order valence-corrected chi connectivity index (χ4v) is 3.74. The van der Waals surface area contributed by atoms with E-state index < -0.39 is 15.4 Å². The minimum atomic E-state index is -2.89. The number of rotatable bonds is 6. The van der Waals surface area contributed by atoms with Gasteiger partial charge in [0.1, 0.15) is 9.84 Å². The molecule has 1 fully saturated rings. The Morgan fingerprint density at radius 1 is 1.28 bits per heavy atom. The van der Waals surface area contributed by atoms with Crippen molar-refractivity contribution < 1.29 is 13.5 Å². The molecule has 0 amide bonds. The van der Waals surface area contributed by atoms with Crippen molar-refractivity contribution in [2.24, 2.45) is 5.92 Å². The molecule has 0 aliphatic heterocycles. The van der Waals surface area contributed by atoms with Gasteiger partial charge < -0.3 is 5.11 Å². The predicted molar refractivity (Wildman–Crippen MR) is 75.4 cm³/mol. The van der Waals surface area contributed by atoms with Crippen molar-refractivity contribution in [1.29, 1.82) is 0 Å². The van der Waals surface area contributed by atoms with Crippen LogP contribution in [-0.4, -0.2) is 31.1 Å². The molecule has 108 valence electrons. The summed E-state index contributed by atoms with van der Waals surface area (Å²) in [6, 6.07) is 0.